The zero-order valence-electron chi connectivity index (χ0n) is 15.7. The molecule has 0 heterocycles. The molecule has 0 aliphatic carbocycles. The summed E-state index contributed by atoms with van der Waals surface area (Å²) in [5.74, 6) is 1.44. The Morgan fingerprint density at radius 3 is 2.20 bits per heavy atom. The first-order chi connectivity index (χ1) is 11.8. The molecule has 0 fully saturated rings. The second-order valence-corrected chi connectivity index (χ2v) is 6.52. The zero-order valence-corrected chi connectivity index (χ0v) is 15.7. The largest absolute Gasteiger partial charge is 0.492 e. The average molecular weight is 341 g/mol. The van der Waals surface area contributed by atoms with Gasteiger partial charge in [0.25, 0.3) is 5.91 Å². The van der Waals surface area contributed by atoms with Crippen LogP contribution in [0.2, 0.25) is 0 Å². The van der Waals surface area contributed by atoms with Crippen molar-refractivity contribution in [2.24, 2.45) is 0 Å². The monoisotopic (exact) mass is 341 g/mol. The van der Waals surface area contributed by atoms with Gasteiger partial charge in [0.2, 0.25) is 0 Å². The van der Waals surface area contributed by atoms with Gasteiger partial charge in [-0.1, -0.05) is 12.1 Å². The average Bonchev–Trinajstić information content (AvgIpc) is 2.52. The van der Waals surface area contributed by atoms with Gasteiger partial charge in [-0.25, -0.2) is 0 Å². The summed E-state index contributed by atoms with van der Waals surface area (Å²) < 4.78 is 11.3. The molecule has 0 saturated carbocycles. The van der Waals surface area contributed by atoms with Crippen LogP contribution in [0.4, 0.5) is 0 Å². The molecule has 2 aromatic carbocycles. The minimum absolute atomic E-state index is 0.00723. The standard InChI is InChI=1S/C21H27NO3/c1-14-8-15(2)11-19(10-14)24-7-6-22-21(23)13-25-20-12-16(3)9-17(4)18(20)5/h8-12H,6-7,13H2,1-5H3,(H,22,23). The molecule has 1 N–H and O–H groups in total. The second kappa shape index (κ2) is 8.56. The van der Waals surface area contributed by atoms with E-state index in [0.717, 1.165) is 39.3 Å². The van der Waals surface area contributed by atoms with Crippen LogP contribution in [0.3, 0.4) is 0 Å². The maximum Gasteiger partial charge on any atom is 0.258 e. The molecule has 0 aliphatic rings. The van der Waals surface area contributed by atoms with Crippen molar-refractivity contribution in [1.29, 1.82) is 0 Å². The number of benzene rings is 2. The van der Waals surface area contributed by atoms with Crippen LogP contribution in [0.15, 0.2) is 30.3 Å². The predicted molar refractivity (Wildman–Crippen MR) is 101 cm³/mol. The Labute approximate surface area is 150 Å². The highest BCUT2D eigenvalue weighted by Gasteiger charge is 2.07. The molecule has 0 aliphatic heterocycles. The van der Waals surface area contributed by atoms with Gasteiger partial charge in [-0.3, -0.25) is 4.79 Å². The van der Waals surface area contributed by atoms with E-state index in [-0.39, 0.29) is 12.5 Å². The summed E-state index contributed by atoms with van der Waals surface area (Å²) in [6.07, 6.45) is 0. The Morgan fingerprint density at radius 1 is 0.880 bits per heavy atom. The quantitative estimate of drug-likeness (QED) is 0.779. The van der Waals surface area contributed by atoms with Crippen LogP contribution >= 0.6 is 0 Å². The molecule has 0 unspecified atom stereocenters. The highest BCUT2D eigenvalue weighted by molar-refractivity contribution is 5.77. The van der Waals surface area contributed by atoms with E-state index in [0.29, 0.717) is 13.2 Å². The zero-order chi connectivity index (χ0) is 18.4. The summed E-state index contributed by atoms with van der Waals surface area (Å²) in [6, 6.07) is 10.1. The Bertz CT molecular complexity index is 733. The van der Waals surface area contributed by atoms with E-state index in [4.69, 9.17) is 9.47 Å². The van der Waals surface area contributed by atoms with Crippen molar-refractivity contribution in [3.05, 3.63) is 58.1 Å². The third-order valence-electron chi connectivity index (χ3n) is 4.01. The summed E-state index contributed by atoms with van der Waals surface area (Å²) in [4.78, 5) is 11.9. The fourth-order valence-electron chi connectivity index (χ4n) is 2.72. The number of rotatable bonds is 7. The van der Waals surface area contributed by atoms with Gasteiger partial charge >= 0.3 is 0 Å². The SMILES string of the molecule is Cc1cc(C)cc(OCCNC(=O)COc2cc(C)cc(C)c2C)c1. The Kier molecular flexibility index (Phi) is 6.45. The van der Waals surface area contributed by atoms with Crippen LogP contribution < -0.4 is 14.8 Å². The molecule has 0 aromatic heterocycles. The minimum atomic E-state index is -0.150. The summed E-state index contributed by atoms with van der Waals surface area (Å²) in [7, 11) is 0. The van der Waals surface area contributed by atoms with Gasteiger partial charge in [0, 0.05) is 0 Å². The molecule has 25 heavy (non-hydrogen) atoms. The number of amides is 1. The molecule has 0 spiro atoms. The van der Waals surface area contributed by atoms with E-state index in [1.54, 1.807) is 0 Å². The molecule has 0 saturated heterocycles. The fourth-order valence-corrected chi connectivity index (χ4v) is 2.72. The van der Waals surface area contributed by atoms with Crippen molar-refractivity contribution in [1.82, 2.24) is 5.32 Å². The van der Waals surface area contributed by atoms with Crippen molar-refractivity contribution in [3.8, 4) is 11.5 Å². The van der Waals surface area contributed by atoms with E-state index >= 15 is 0 Å². The third-order valence-corrected chi connectivity index (χ3v) is 4.01. The molecule has 0 radical (unpaired) electrons. The van der Waals surface area contributed by atoms with Crippen LogP contribution in [-0.4, -0.2) is 25.7 Å². The molecule has 0 atom stereocenters. The highest BCUT2D eigenvalue weighted by Crippen LogP contribution is 2.23. The fraction of sp³-hybridized carbons (Fsp3) is 0.381. The molecule has 134 valence electrons. The summed E-state index contributed by atoms with van der Waals surface area (Å²) in [5.41, 5.74) is 5.68. The molecule has 4 heteroatoms. The number of hydrogen-bond acceptors (Lipinski definition) is 3. The number of ether oxygens (including phenoxy) is 2. The van der Waals surface area contributed by atoms with Crippen molar-refractivity contribution in [2.75, 3.05) is 19.8 Å². The van der Waals surface area contributed by atoms with Gasteiger partial charge < -0.3 is 14.8 Å². The van der Waals surface area contributed by atoms with Crippen molar-refractivity contribution < 1.29 is 14.3 Å². The first kappa shape index (κ1) is 18.8. The summed E-state index contributed by atoms with van der Waals surface area (Å²) >= 11 is 0. The number of carbonyl (C=O) groups excluding carboxylic acids is 1. The molecule has 2 aromatic rings. The van der Waals surface area contributed by atoms with E-state index in [9.17, 15) is 4.79 Å². The van der Waals surface area contributed by atoms with Crippen molar-refractivity contribution >= 4 is 5.91 Å². The number of nitrogens with one attached hydrogen (secondary N) is 1. The van der Waals surface area contributed by atoms with Crippen molar-refractivity contribution in [2.45, 2.75) is 34.6 Å². The van der Waals surface area contributed by atoms with Gasteiger partial charge in [0.05, 0.1) is 6.54 Å². The topological polar surface area (TPSA) is 47.6 Å². The smallest absolute Gasteiger partial charge is 0.258 e. The van der Waals surface area contributed by atoms with Gasteiger partial charge in [0.1, 0.15) is 18.1 Å². The lowest BCUT2D eigenvalue weighted by molar-refractivity contribution is -0.123. The highest BCUT2D eigenvalue weighted by atomic mass is 16.5. The van der Waals surface area contributed by atoms with E-state index in [2.05, 4.69) is 17.4 Å². The van der Waals surface area contributed by atoms with E-state index in [1.807, 2.05) is 52.8 Å². The molecular formula is C21H27NO3. The van der Waals surface area contributed by atoms with Crippen molar-refractivity contribution in [3.63, 3.8) is 0 Å². The molecule has 4 nitrogen and oxygen atoms in total. The lowest BCUT2D eigenvalue weighted by Gasteiger charge is -2.13. The molecule has 2 rings (SSSR count). The molecular weight excluding hydrogens is 314 g/mol. The van der Waals surface area contributed by atoms with E-state index in [1.165, 1.54) is 0 Å². The third kappa shape index (κ3) is 5.82. The van der Waals surface area contributed by atoms with Crippen LogP contribution in [0, 0.1) is 34.6 Å². The lowest BCUT2D eigenvalue weighted by Crippen LogP contribution is -2.32. The van der Waals surface area contributed by atoms with Gasteiger partial charge in [-0.05, 0) is 80.6 Å². The first-order valence-corrected chi connectivity index (χ1v) is 8.53. The van der Waals surface area contributed by atoms with Gasteiger partial charge in [-0.2, -0.15) is 0 Å². The number of aryl methyl sites for hydroxylation is 4. The molecule has 0 bridgehead atoms. The Balaban J connectivity index is 1.74. The van der Waals surface area contributed by atoms with Crippen LogP contribution in [-0.2, 0) is 4.79 Å². The first-order valence-electron chi connectivity index (χ1n) is 8.53. The van der Waals surface area contributed by atoms with E-state index < -0.39 is 0 Å². The number of carbonyl (C=O) groups is 1. The van der Waals surface area contributed by atoms with Gasteiger partial charge in [0.15, 0.2) is 6.61 Å². The summed E-state index contributed by atoms with van der Waals surface area (Å²) in [6.45, 7) is 11.0. The second-order valence-electron chi connectivity index (χ2n) is 6.52. The van der Waals surface area contributed by atoms with Crippen LogP contribution in [0.5, 0.6) is 11.5 Å². The molecule has 1 amide bonds. The maximum atomic E-state index is 11.9. The minimum Gasteiger partial charge on any atom is -0.492 e. The lowest BCUT2D eigenvalue weighted by atomic mass is 10.1. The number of hydrogen-bond donors (Lipinski definition) is 1. The normalized spacial score (nSPS) is 10.4. The summed E-state index contributed by atoms with van der Waals surface area (Å²) in [5, 5.41) is 2.81. The van der Waals surface area contributed by atoms with Crippen LogP contribution in [0.1, 0.15) is 27.8 Å². The van der Waals surface area contributed by atoms with Crippen LogP contribution in [0.25, 0.3) is 0 Å². The maximum absolute atomic E-state index is 11.9. The predicted octanol–water partition coefficient (Wildman–Crippen LogP) is 3.80. The Morgan fingerprint density at radius 2 is 1.52 bits per heavy atom. The Hall–Kier alpha value is -2.49. The van der Waals surface area contributed by atoms with Gasteiger partial charge in [-0.15, -0.1) is 0 Å².